The van der Waals surface area contributed by atoms with Crippen molar-refractivity contribution in [3.05, 3.63) is 42.7 Å². The molecule has 158 valence electrons. The molecule has 0 aromatic carbocycles. The van der Waals surface area contributed by atoms with Gasteiger partial charge in [-0.3, -0.25) is 0 Å². The van der Waals surface area contributed by atoms with E-state index in [9.17, 15) is 5.11 Å². The van der Waals surface area contributed by atoms with Crippen molar-refractivity contribution in [2.75, 3.05) is 30.4 Å². The third kappa shape index (κ3) is 3.73. The first kappa shape index (κ1) is 19.2. The Balaban J connectivity index is 1.62. The van der Waals surface area contributed by atoms with E-state index in [0.29, 0.717) is 35.4 Å². The molecule has 10 nitrogen and oxygen atoms in total. The summed E-state index contributed by atoms with van der Waals surface area (Å²) in [7, 11) is 1.61. The van der Waals surface area contributed by atoms with Gasteiger partial charge in [0.1, 0.15) is 28.5 Å². The second kappa shape index (κ2) is 7.80. The molecule has 5 heterocycles. The second-order valence-corrected chi connectivity index (χ2v) is 7.47. The molecule has 4 aromatic rings. The van der Waals surface area contributed by atoms with Gasteiger partial charge in [-0.15, -0.1) is 0 Å². The van der Waals surface area contributed by atoms with Crippen LogP contribution < -0.4 is 19.9 Å². The van der Waals surface area contributed by atoms with E-state index in [-0.39, 0.29) is 6.10 Å². The van der Waals surface area contributed by atoms with Crippen LogP contribution in [0.2, 0.25) is 0 Å². The lowest BCUT2D eigenvalue weighted by molar-refractivity contribution is -0.392. The van der Waals surface area contributed by atoms with Crippen molar-refractivity contribution < 1.29 is 14.8 Å². The lowest BCUT2D eigenvalue weighted by atomic mass is 10.1. The fourth-order valence-corrected chi connectivity index (χ4v) is 3.77. The van der Waals surface area contributed by atoms with Gasteiger partial charge in [-0.25, -0.2) is 19.9 Å². The smallest absolute Gasteiger partial charge is 0.365 e. The number of methoxy groups -OCH3 is 1. The minimum Gasteiger partial charge on any atom is -0.448 e. The molecule has 0 radical (unpaired) electrons. The van der Waals surface area contributed by atoms with Crippen LogP contribution in [0.1, 0.15) is 12.2 Å². The summed E-state index contributed by atoms with van der Waals surface area (Å²) in [4.78, 5) is 26.5. The summed E-state index contributed by atoms with van der Waals surface area (Å²) >= 11 is 0. The predicted octanol–water partition coefficient (Wildman–Crippen LogP) is 1.86. The summed E-state index contributed by atoms with van der Waals surface area (Å²) in [5.74, 6) is 1.93. The molecule has 10 heteroatoms. The molecule has 31 heavy (non-hydrogen) atoms. The monoisotopic (exact) mass is 419 g/mol. The molecule has 0 unspecified atom stereocenters. The van der Waals surface area contributed by atoms with E-state index in [1.165, 1.54) is 0 Å². The van der Waals surface area contributed by atoms with E-state index in [2.05, 4.69) is 30.2 Å². The molecule has 4 N–H and O–H groups in total. The number of rotatable bonds is 5. The quantitative estimate of drug-likeness (QED) is 0.447. The Morgan fingerprint density at radius 1 is 1.29 bits per heavy atom. The van der Waals surface area contributed by atoms with E-state index in [1.54, 1.807) is 13.4 Å². The number of hydrogen-bond acceptors (Lipinski definition) is 8. The van der Waals surface area contributed by atoms with Crippen molar-refractivity contribution >= 4 is 28.4 Å². The zero-order valence-electron chi connectivity index (χ0n) is 17.3. The topological polar surface area (TPSA) is 126 Å². The van der Waals surface area contributed by atoms with Crippen molar-refractivity contribution in [2.24, 2.45) is 0 Å². The minimum atomic E-state index is -0.323. The number of β-amino-alcohol motifs (C(OH)–C–C–N with tert-alkyl or cyclic N) is 1. The number of ether oxygens (including phenoxy) is 1. The zero-order valence-corrected chi connectivity index (χ0v) is 17.3. The van der Waals surface area contributed by atoms with Gasteiger partial charge in [0.25, 0.3) is 0 Å². The number of aromatic amines is 2. The van der Waals surface area contributed by atoms with Crippen LogP contribution in [0, 0.1) is 6.92 Å². The van der Waals surface area contributed by atoms with Crippen molar-refractivity contribution in [1.29, 1.82) is 0 Å². The third-order valence-corrected chi connectivity index (χ3v) is 5.32. The average Bonchev–Trinajstić information content (AvgIpc) is 3.43. The molecule has 5 rings (SSSR count). The van der Waals surface area contributed by atoms with Crippen LogP contribution in [0.25, 0.3) is 22.4 Å². The highest BCUT2D eigenvalue weighted by molar-refractivity contribution is 5.92. The lowest BCUT2D eigenvalue weighted by Crippen LogP contribution is -2.21. The maximum absolute atomic E-state index is 9.97. The molecule has 1 aliphatic heterocycles. The average molecular weight is 419 g/mol. The highest BCUT2D eigenvalue weighted by atomic mass is 16.5. The van der Waals surface area contributed by atoms with Crippen molar-refractivity contribution in [3.63, 3.8) is 0 Å². The first-order valence-electron chi connectivity index (χ1n) is 10.0. The first-order valence-corrected chi connectivity index (χ1v) is 10.0. The fraction of sp³-hybridized carbons (Fsp3) is 0.286. The van der Waals surface area contributed by atoms with Gasteiger partial charge in [-0.2, -0.15) is 4.98 Å². The largest absolute Gasteiger partial charge is 0.448 e. The Hall–Kier alpha value is -3.79. The van der Waals surface area contributed by atoms with E-state index < -0.39 is 0 Å². The predicted molar refractivity (Wildman–Crippen MR) is 115 cm³/mol. The van der Waals surface area contributed by atoms with Crippen molar-refractivity contribution in [1.82, 2.24) is 24.9 Å². The van der Waals surface area contributed by atoms with E-state index >= 15 is 0 Å². The summed E-state index contributed by atoms with van der Waals surface area (Å²) < 4.78 is 5.19. The summed E-state index contributed by atoms with van der Waals surface area (Å²) in [6, 6.07) is 5.79. The molecule has 0 aliphatic carbocycles. The summed E-state index contributed by atoms with van der Waals surface area (Å²) in [5, 5.41) is 13.3. The van der Waals surface area contributed by atoms with Crippen LogP contribution in [0.3, 0.4) is 0 Å². The van der Waals surface area contributed by atoms with Gasteiger partial charge in [0.05, 0.1) is 37.5 Å². The van der Waals surface area contributed by atoms with Gasteiger partial charge in [-0.1, -0.05) is 0 Å². The van der Waals surface area contributed by atoms with E-state index in [4.69, 9.17) is 14.7 Å². The maximum atomic E-state index is 9.97. The van der Waals surface area contributed by atoms with Crippen LogP contribution in [0.15, 0.2) is 36.9 Å². The molecule has 0 bridgehead atoms. The number of pyridine rings is 2. The summed E-state index contributed by atoms with van der Waals surface area (Å²) in [6.45, 7) is 3.21. The Bertz CT molecular complexity index is 1220. The van der Waals surface area contributed by atoms with Gasteiger partial charge >= 0.3 is 5.88 Å². The Labute approximate surface area is 178 Å². The van der Waals surface area contributed by atoms with Crippen LogP contribution in [-0.4, -0.2) is 56.3 Å². The molecule has 1 atom stereocenters. The van der Waals surface area contributed by atoms with E-state index in [0.717, 1.165) is 35.4 Å². The molecule has 1 fully saturated rings. The van der Waals surface area contributed by atoms with Crippen LogP contribution in [0.5, 0.6) is 5.88 Å². The second-order valence-electron chi connectivity index (χ2n) is 7.47. The normalized spacial score (nSPS) is 16.1. The number of hydrogen-bond donors (Lipinski definition) is 3. The third-order valence-electron chi connectivity index (χ3n) is 5.32. The lowest BCUT2D eigenvalue weighted by Gasteiger charge is -2.20. The Morgan fingerprint density at radius 3 is 2.94 bits per heavy atom. The number of aromatic nitrogens is 6. The number of aryl methyl sites for hydroxylation is 1. The molecule has 0 amide bonds. The molecule has 0 spiro atoms. The SMILES string of the molecule is COc1ccc(Nc2ncc(N3CC[C@@H](O)C3)cc2-c2nc(C)nc3nc[nH]c23)c[nH+]1. The number of imidazole rings is 1. The van der Waals surface area contributed by atoms with Gasteiger partial charge in [0.15, 0.2) is 11.8 Å². The van der Waals surface area contributed by atoms with Gasteiger partial charge in [0.2, 0.25) is 0 Å². The zero-order chi connectivity index (χ0) is 21.4. The van der Waals surface area contributed by atoms with Gasteiger partial charge in [0, 0.05) is 18.7 Å². The molecule has 1 saturated heterocycles. The van der Waals surface area contributed by atoms with Gasteiger partial charge < -0.3 is 25.0 Å². The Kier molecular flexibility index (Phi) is 4.83. The molecular weight excluding hydrogens is 396 g/mol. The minimum absolute atomic E-state index is 0.323. The Morgan fingerprint density at radius 2 is 2.19 bits per heavy atom. The van der Waals surface area contributed by atoms with Crippen LogP contribution in [-0.2, 0) is 0 Å². The number of aliphatic hydroxyl groups is 1. The van der Waals surface area contributed by atoms with E-state index in [1.807, 2.05) is 37.5 Å². The van der Waals surface area contributed by atoms with Crippen LogP contribution in [0.4, 0.5) is 17.2 Å². The summed E-state index contributed by atoms with van der Waals surface area (Å²) in [5.41, 5.74) is 4.64. The number of anilines is 3. The number of aliphatic hydroxyl groups excluding tert-OH is 1. The first-order chi connectivity index (χ1) is 15.1. The number of fused-ring (bicyclic) bond motifs is 1. The van der Waals surface area contributed by atoms with Crippen molar-refractivity contribution in [2.45, 2.75) is 19.4 Å². The van der Waals surface area contributed by atoms with Gasteiger partial charge in [-0.05, 0) is 25.5 Å². The number of nitrogens with zero attached hydrogens (tertiary/aromatic N) is 5. The van der Waals surface area contributed by atoms with Crippen LogP contribution >= 0.6 is 0 Å². The molecule has 1 aliphatic rings. The summed E-state index contributed by atoms with van der Waals surface area (Å²) in [6.07, 6.45) is 5.66. The fourth-order valence-electron chi connectivity index (χ4n) is 3.77. The van der Waals surface area contributed by atoms with Crippen molar-refractivity contribution in [3.8, 4) is 17.1 Å². The molecule has 0 saturated carbocycles. The molecule has 4 aromatic heterocycles. The highest BCUT2D eigenvalue weighted by Gasteiger charge is 2.23. The number of H-pyrrole nitrogens is 2. The highest BCUT2D eigenvalue weighted by Crippen LogP contribution is 2.34. The maximum Gasteiger partial charge on any atom is 0.365 e. The number of nitrogens with one attached hydrogen (secondary N) is 3. The molecular formula is C21H23N8O2+. The standard InChI is InChI=1S/C21H22N8O2/c1-12-26-18(19-21(27-12)25-11-24-19)16-7-14(29-6-5-15(30)10-29)9-23-20(16)28-13-3-4-17(31-2)22-8-13/h3-4,7-9,11,15,30H,5-6,10H2,1-2H3,(H,23,28)(H,24,25,26,27)/p+1/t15-/m1/s1.